The smallest absolute Gasteiger partial charge is 0.276 e. The fourth-order valence-corrected chi connectivity index (χ4v) is 2.69. The van der Waals surface area contributed by atoms with Crippen molar-refractivity contribution in [2.75, 3.05) is 13.2 Å². The molecule has 0 bridgehead atoms. The molecule has 7 nitrogen and oxygen atoms in total. The average molecular weight is 477 g/mol. The fraction of sp³-hybridized carbons (Fsp3) is 0.167. The third-order valence-electron chi connectivity index (χ3n) is 3.32. The minimum atomic E-state index is -0.546. The zero-order valence-electron chi connectivity index (χ0n) is 15.1. The summed E-state index contributed by atoms with van der Waals surface area (Å²) in [5.41, 5.74) is 5.52. The van der Waals surface area contributed by atoms with E-state index in [4.69, 9.17) is 56.5 Å². The van der Waals surface area contributed by atoms with E-state index in [2.05, 4.69) is 16.2 Å². The molecule has 2 aromatic rings. The lowest BCUT2D eigenvalue weighted by Crippen LogP contribution is -2.50. The Hall–Kier alpha value is -2.26. The van der Waals surface area contributed by atoms with E-state index in [0.29, 0.717) is 21.5 Å². The maximum atomic E-state index is 11.8. The van der Waals surface area contributed by atoms with Crippen LogP contribution < -0.4 is 25.6 Å². The Morgan fingerprint density at radius 3 is 2.34 bits per heavy atom. The lowest BCUT2D eigenvalue weighted by molar-refractivity contribution is -0.124. The van der Waals surface area contributed by atoms with Gasteiger partial charge in [-0.05, 0) is 61.1 Å². The summed E-state index contributed by atoms with van der Waals surface area (Å²) in [6.45, 7) is 1.22. The predicted octanol–water partition coefficient (Wildman–Crippen LogP) is 3.43. The SMILES string of the molecule is Cc1cc(OCC(=O)NNC(=S)NC(=O)COc2ccc(Cl)cc2Cl)ccc1Cl. The summed E-state index contributed by atoms with van der Waals surface area (Å²) in [4.78, 5) is 23.6. The Balaban J connectivity index is 1.68. The van der Waals surface area contributed by atoms with Crippen molar-refractivity contribution in [3.8, 4) is 11.5 Å². The molecular weight excluding hydrogens is 461 g/mol. The number of rotatable bonds is 6. The average Bonchev–Trinajstić information content (AvgIpc) is 2.66. The van der Waals surface area contributed by atoms with Crippen LogP contribution in [0.5, 0.6) is 11.5 Å². The topological polar surface area (TPSA) is 88.7 Å². The summed E-state index contributed by atoms with van der Waals surface area (Å²) >= 11 is 22.6. The van der Waals surface area contributed by atoms with Gasteiger partial charge in [0, 0.05) is 10.0 Å². The highest BCUT2D eigenvalue weighted by Gasteiger charge is 2.09. The lowest BCUT2D eigenvalue weighted by atomic mass is 10.2. The quantitative estimate of drug-likeness (QED) is 0.437. The first-order valence-corrected chi connectivity index (χ1v) is 9.64. The van der Waals surface area contributed by atoms with Gasteiger partial charge in [0.15, 0.2) is 18.3 Å². The van der Waals surface area contributed by atoms with E-state index in [1.54, 1.807) is 24.3 Å². The summed E-state index contributed by atoms with van der Waals surface area (Å²) in [7, 11) is 0. The molecule has 0 aliphatic carbocycles. The molecule has 2 amide bonds. The zero-order chi connectivity index (χ0) is 21.4. The number of amides is 2. The van der Waals surface area contributed by atoms with Gasteiger partial charge in [-0.15, -0.1) is 0 Å². The predicted molar refractivity (Wildman–Crippen MR) is 116 cm³/mol. The molecular formula is C18H16Cl3N3O4S. The molecule has 3 N–H and O–H groups in total. The third-order valence-corrected chi connectivity index (χ3v) is 4.48. The van der Waals surface area contributed by atoms with E-state index in [9.17, 15) is 9.59 Å². The number of carbonyl (C=O) groups excluding carboxylic acids is 2. The minimum absolute atomic E-state index is 0.114. The summed E-state index contributed by atoms with van der Waals surface area (Å²) in [5, 5.41) is 3.55. The number of hydrogen-bond donors (Lipinski definition) is 3. The standard InChI is InChI=1S/C18H16Cl3N3O4S/c1-10-6-12(3-4-13(10)20)27-9-17(26)23-24-18(29)22-16(25)8-28-15-5-2-11(19)7-14(15)21/h2-7H,8-9H2,1H3,(H,23,26)(H2,22,24,25,29). The number of ether oxygens (including phenoxy) is 2. The molecule has 0 aliphatic rings. The van der Waals surface area contributed by atoms with E-state index in [-0.39, 0.29) is 23.3 Å². The fourth-order valence-electron chi connectivity index (χ4n) is 1.95. The normalized spacial score (nSPS) is 10.1. The number of thiocarbonyl (C=S) groups is 1. The monoisotopic (exact) mass is 475 g/mol. The number of carbonyl (C=O) groups is 2. The number of hydrazine groups is 1. The summed E-state index contributed by atoms with van der Waals surface area (Å²) in [6, 6.07) is 9.64. The van der Waals surface area contributed by atoms with E-state index < -0.39 is 11.8 Å². The molecule has 0 saturated carbocycles. The number of halogens is 3. The van der Waals surface area contributed by atoms with E-state index >= 15 is 0 Å². The Kier molecular flexibility index (Phi) is 8.78. The molecule has 2 aromatic carbocycles. The van der Waals surface area contributed by atoms with Crippen molar-refractivity contribution in [2.24, 2.45) is 0 Å². The molecule has 2 rings (SSSR count). The zero-order valence-corrected chi connectivity index (χ0v) is 18.1. The van der Waals surface area contributed by atoms with Crippen LogP contribution in [0.1, 0.15) is 5.56 Å². The van der Waals surface area contributed by atoms with Crippen molar-refractivity contribution in [1.29, 1.82) is 0 Å². The first-order chi connectivity index (χ1) is 13.7. The molecule has 11 heteroatoms. The van der Waals surface area contributed by atoms with Crippen molar-refractivity contribution in [2.45, 2.75) is 6.92 Å². The molecule has 0 heterocycles. The first kappa shape index (κ1) is 23.0. The van der Waals surface area contributed by atoms with Crippen LogP contribution in [0.25, 0.3) is 0 Å². The molecule has 0 atom stereocenters. The summed E-state index contributed by atoms with van der Waals surface area (Å²) < 4.78 is 10.6. The highest BCUT2D eigenvalue weighted by molar-refractivity contribution is 7.80. The number of hydrogen-bond acceptors (Lipinski definition) is 5. The lowest BCUT2D eigenvalue weighted by Gasteiger charge is -2.12. The van der Waals surface area contributed by atoms with Gasteiger partial charge in [-0.3, -0.25) is 25.8 Å². The van der Waals surface area contributed by atoms with Crippen LogP contribution in [-0.2, 0) is 9.59 Å². The van der Waals surface area contributed by atoms with Crippen LogP contribution in [0, 0.1) is 6.92 Å². The van der Waals surface area contributed by atoms with Gasteiger partial charge in [-0.1, -0.05) is 34.8 Å². The second-order valence-electron chi connectivity index (χ2n) is 5.61. The Bertz CT molecular complexity index is 927. The van der Waals surface area contributed by atoms with Crippen molar-refractivity contribution >= 4 is 63.9 Å². The van der Waals surface area contributed by atoms with Crippen LogP contribution >= 0.6 is 47.0 Å². The van der Waals surface area contributed by atoms with Gasteiger partial charge in [0.1, 0.15) is 11.5 Å². The van der Waals surface area contributed by atoms with Crippen molar-refractivity contribution in [3.63, 3.8) is 0 Å². The molecule has 0 unspecified atom stereocenters. The maximum Gasteiger partial charge on any atom is 0.276 e. The molecule has 29 heavy (non-hydrogen) atoms. The molecule has 0 fully saturated rings. The molecule has 154 valence electrons. The number of aryl methyl sites for hydroxylation is 1. The second kappa shape index (κ2) is 11.1. The minimum Gasteiger partial charge on any atom is -0.484 e. The van der Waals surface area contributed by atoms with E-state index in [1.165, 1.54) is 12.1 Å². The molecule has 0 radical (unpaired) electrons. The molecule has 0 aliphatic heterocycles. The summed E-state index contributed by atoms with van der Waals surface area (Å²) in [6.07, 6.45) is 0. The van der Waals surface area contributed by atoms with Gasteiger partial charge in [-0.2, -0.15) is 0 Å². The van der Waals surface area contributed by atoms with Gasteiger partial charge >= 0.3 is 0 Å². The van der Waals surface area contributed by atoms with Crippen LogP contribution in [0.15, 0.2) is 36.4 Å². The third kappa shape index (κ3) is 7.94. The van der Waals surface area contributed by atoms with Gasteiger partial charge < -0.3 is 9.47 Å². The Morgan fingerprint density at radius 1 is 0.931 bits per heavy atom. The molecule has 0 spiro atoms. The largest absolute Gasteiger partial charge is 0.484 e. The molecule has 0 saturated heterocycles. The van der Waals surface area contributed by atoms with Gasteiger partial charge in [0.05, 0.1) is 5.02 Å². The van der Waals surface area contributed by atoms with E-state index in [1.807, 2.05) is 6.92 Å². The van der Waals surface area contributed by atoms with Crippen LogP contribution in [-0.4, -0.2) is 30.1 Å². The molecule has 0 aromatic heterocycles. The first-order valence-electron chi connectivity index (χ1n) is 8.10. The van der Waals surface area contributed by atoms with Crippen LogP contribution in [0.3, 0.4) is 0 Å². The van der Waals surface area contributed by atoms with Gasteiger partial charge in [0.2, 0.25) is 0 Å². The summed E-state index contributed by atoms with van der Waals surface area (Å²) in [5.74, 6) is -0.252. The highest BCUT2D eigenvalue weighted by atomic mass is 35.5. The van der Waals surface area contributed by atoms with E-state index in [0.717, 1.165) is 5.56 Å². The Morgan fingerprint density at radius 2 is 1.66 bits per heavy atom. The number of nitrogens with one attached hydrogen (secondary N) is 3. The Labute approximate surface area is 187 Å². The highest BCUT2D eigenvalue weighted by Crippen LogP contribution is 2.27. The van der Waals surface area contributed by atoms with Crippen LogP contribution in [0.4, 0.5) is 0 Å². The second-order valence-corrected chi connectivity index (χ2v) is 7.27. The van der Waals surface area contributed by atoms with Gasteiger partial charge in [0.25, 0.3) is 11.8 Å². The van der Waals surface area contributed by atoms with Crippen molar-refractivity contribution in [1.82, 2.24) is 16.2 Å². The van der Waals surface area contributed by atoms with Gasteiger partial charge in [-0.25, -0.2) is 0 Å². The number of benzene rings is 2. The van der Waals surface area contributed by atoms with Crippen LogP contribution in [0.2, 0.25) is 15.1 Å². The van der Waals surface area contributed by atoms with Crippen molar-refractivity contribution in [3.05, 3.63) is 57.0 Å². The maximum absolute atomic E-state index is 11.8. The van der Waals surface area contributed by atoms with Crippen molar-refractivity contribution < 1.29 is 19.1 Å².